The normalized spacial score (nSPS) is 17.1. The van der Waals surface area contributed by atoms with E-state index in [1.54, 1.807) is 19.9 Å². The van der Waals surface area contributed by atoms with Crippen molar-refractivity contribution in [2.24, 2.45) is 0 Å². The highest BCUT2D eigenvalue weighted by Gasteiger charge is 2.41. The molecule has 2 aromatic rings. The van der Waals surface area contributed by atoms with Crippen LogP contribution >= 0.6 is 0 Å². The van der Waals surface area contributed by atoms with Gasteiger partial charge in [0.05, 0.1) is 9.82 Å². The minimum absolute atomic E-state index is 0.0982. The molecule has 160 valence electrons. The van der Waals surface area contributed by atoms with Gasteiger partial charge in [-0.3, -0.25) is 14.9 Å². The molecular weight excluding hydrogens is 408 g/mol. The molecular formula is C21H24N2O6S. The third-order valence-corrected chi connectivity index (χ3v) is 7.36. The van der Waals surface area contributed by atoms with Crippen LogP contribution in [0.5, 0.6) is 0 Å². The molecule has 0 amide bonds. The third kappa shape index (κ3) is 4.36. The largest absolute Gasteiger partial charge is 0.460 e. The van der Waals surface area contributed by atoms with Gasteiger partial charge >= 0.3 is 5.97 Å². The molecule has 0 N–H and O–H groups in total. The Morgan fingerprint density at radius 1 is 1.20 bits per heavy atom. The summed E-state index contributed by atoms with van der Waals surface area (Å²) in [6.07, 6.45) is 0.927. The van der Waals surface area contributed by atoms with Crippen molar-refractivity contribution in [2.75, 3.05) is 6.54 Å². The van der Waals surface area contributed by atoms with Crippen LogP contribution in [-0.4, -0.2) is 36.2 Å². The Hall–Kier alpha value is -2.78. The molecule has 1 aliphatic rings. The second-order valence-corrected chi connectivity index (χ2v) is 9.36. The molecule has 0 radical (unpaired) electrons. The second-order valence-electron chi connectivity index (χ2n) is 7.54. The molecule has 0 aromatic heterocycles. The molecule has 0 saturated carbocycles. The van der Waals surface area contributed by atoms with E-state index in [1.165, 1.54) is 22.5 Å². The molecule has 1 fully saturated rings. The molecule has 30 heavy (non-hydrogen) atoms. The van der Waals surface area contributed by atoms with Gasteiger partial charge in [0.25, 0.3) is 5.69 Å². The zero-order chi connectivity index (χ0) is 22.1. The summed E-state index contributed by atoms with van der Waals surface area (Å²) in [5.41, 5.74) is 2.62. The number of nitro benzene ring substituents is 1. The summed E-state index contributed by atoms with van der Waals surface area (Å²) in [5.74, 6) is -0.648. The Bertz CT molecular complexity index is 1070. The van der Waals surface area contributed by atoms with E-state index in [0.717, 1.165) is 5.56 Å². The number of nitrogens with zero attached hydrogens (tertiary/aromatic N) is 2. The maximum Gasteiger partial charge on any atom is 0.324 e. The van der Waals surface area contributed by atoms with Crippen molar-refractivity contribution in [1.29, 1.82) is 0 Å². The Balaban J connectivity index is 1.79. The fourth-order valence-corrected chi connectivity index (χ4v) is 6.03. The first-order valence-electron chi connectivity index (χ1n) is 9.61. The molecule has 1 atom stereocenters. The fraction of sp³-hybridized carbons (Fsp3) is 0.381. The lowest BCUT2D eigenvalue weighted by molar-refractivity contribution is -0.384. The van der Waals surface area contributed by atoms with Crippen molar-refractivity contribution < 1.29 is 22.9 Å². The number of aryl methyl sites for hydroxylation is 3. The molecule has 0 aliphatic carbocycles. The zero-order valence-electron chi connectivity index (χ0n) is 17.1. The topological polar surface area (TPSA) is 107 Å². The first-order chi connectivity index (χ1) is 14.1. The maximum atomic E-state index is 13.3. The number of rotatable bonds is 6. The van der Waals surface area contributed by atoms with Crippen molar-refractivity contribution in [2.45, 2.75) is 51.2 Å². The van der Waals surface area contributed by atoms with Gasteiger partial charge in [0.1, 0.15) is 12.6 Å². The lowest BCUT2D eigenvalue weighted by Gasteiger charge is -2.24. The van der Waals surface area contributed by atoms with Gasteiger partial charge in [0.2, 0.25) is 10.0 Å². The summed E-state index contributed by atoms with van der Waals surface area (Å²) in [5, 5.41) is 10.9. The minimum Gasteiger partial charge on any atom is -0.460 e. The summed E-state index contributed by atoms with van der Waals surface area (Å²) < 4.78 is 33.2. The number of carbonyl (C=O) groups excluding carboxylic acids is 1. The van der Waals surface area contributed by atoms with Gasteiger partial charge in [-0.1, -0.05) is 29.8 Å². The fourth-order valence-electron chi connectivity index (χ4n) is 3.96. The van der Waals surface area contributed by atoms with E-state index in [0.29, 0.717) is 29.5 Å². The van der Waals surface area contributed by atoms with Crippen LogP contribution in [0.4, 0.5) is 5.69 Å². The van der Waals surface area contributed by atoms with Gasteiger partial charge in [-0.15, -0.1) is 0 Å². The van der Waals surface area contributed by atoms with Gasteiger partial charge < -0.3 is 4.74 Å². The Labute approximate surface area is 175 Å². The SMILES string of the molecule is Cc1cc(C)c(S(=O)(=O)N2CCCC2C(=O)OCc2cccc([N+](=O)[O-])c2)c(C)c1. The molecule has 1 saturated heterocycles. The number of ether oxygens (including phenoxy) is 1. The number of sulfonamides is 1. The molecule has 9 heteroatoms. The standard InChI is InChI=1S/C21H24N2O6S/c1-14-10-15(2)20(16(3)11-14)30(27,28)22-9-5-8-19(22)21(24)29-13-17-6-4-7-18(12-17)23(25)26/h4,6-7,10-12,19H,5,8-9,13H2,1-3H3. The Morgan fingerprint density at radius 3 is 2.50 bits per heavy atom. The summed E-state index contributed by atoms with van der Waals surface area (Å²) in [6.45, 7) is 5.48. The average molecular weight is 432 g/mol. The van der Waals surface area contributed by atoms with Crippen LogP contribution in [0.15, 0.2) is 41.3 Å². The highest BCUT2D eigenvalue weighted by atomic mass is 32.2. The van der Waals surface area contributed by atoms with Crippen molar-refractivity contribution >= 4 is 21.7 Å². The van der Waals surface area contributed by atoms with Crippen LogP contribution in [0, 0.1) is 30.9 Å². The van der Waals surface area contributed by atoms with Gasteiger partial charge in [-0.2, -0.15) is 4.31 Å². The predicted molar refractivity (Wildman–Crippen MR) is 110 cm³/mol. The molecule has 3 rings (SSSR count). The number of nitro groups is 1. The Kier molecular flexibility index (Phi) is 6.23. The molecule has 8 nitrogen and oxygen atoms in total. The van der Waals surface area contributed by atoms with Crippen molar-refractivity contribution in [3.63, 3.8) is 0 Å². The van der Waals surface area contributed by atoms with Crippen molar-refractivity contribution in [3.8, 4) is 0 Å². The van der Waals surface area contributed by atoms with Crippen molar-refractivity contribution in [3.05, 3.63) is 68.8 Å². The smallest absolute Gasteiger partial charge is 0.324 e. The van der Waals surface area contributed by atoms with E-state index in [2.05, 4.69) is 0 Å². The maximum absolute atomic E-state index is 13.3. The highest BCUT2D eigenvalue weighted by Crippen LogP contribution is 2.31. The second kappa shape index (κ2) is 8.53. The first-order valence-corrected chi connectivity index (χ1v) is 11.0. The summed E-state index contributed by atoms with van der Waals surface area (Å²) >= 11 is 0. The van der Waals surface area contributed by atoms with E-state index in [-0.39, 0.29) is 23.7 Å². The number of carbonyl (C=O) groups is 1. The van der Waals surface area contributed by atoms with Gasteiger partial charge in [-0.25, -0.2) is 8.42 Å². The minimum atomic E-state index is -3.87. The predicted octanol–water partition coefficient (Wildman–Crippen LogP) is 3.42. The third-order valence-electron chi connectivity index (χ3n) is 5.15. The molecule has 1 heterocycles. The average Bonchev–Trinajstić information content (AvgIpc) is 3.16. The van der Waals surface area contributed by atoms with E-state index < -0.39 is 27.0 Å². The molecule has 1 unspecified atom stereocenters. The van der Waals surface area contributed by atoms with Crippen LogP contribution in [-0.2, 0) is 26.2 Å². The number of hydrogen-bond acceptors (Lipinski definition) is 6. The monoisotopic (exact) mass is 432 g/mol. The Morgan fingerprint density at radius 2 is 1.87 bits per heavy atom. The first kappa shape index (κ1) is 21.9. The van der Waals surface area contributed by atoms with Crippen LogP contribution in [0.1, 0.15) is 35.1 Å². The van der Waals surface area contributed by atoms with E-state index in [9.17, 15) is 23.3 Å². The molecule has 1 aliphatic heterocycles. The molecule has 0 spiro atoms. The number of hydrogen-bond donors (Lipinski definition) is 0. The van der Waals surface area contributed by atoms with E-state index in [4.69, 9.17) is 4.74 Å². The number of non-ortho nitro benzene ring substituents is 1. The summed E-state index contributed by atoms with van der Waals surface area (Å²) in [7, 11) is -3.87. The van der Waals surface area contributed by atoms with Crippen LogP contribution in [0.25, 0.3) is 0 Å². The van der Waals surface area contributed by atoms with Gasteiger partial charge in [0.15, 0.2) is 0 Å². The highest BCUT2D eigenvalue weighted by molar-refractivity contribution is 7.89. The van der Waals surface area contributed by atoms with Crippen LogP contribution in [0.3, 0.4) is 0 Å². The summed E-state index contributed by atoms with van der Waals surface area (Å²) in [6, 6.07) is 8.52. The van der Waals surface area contributed by atoms with Crippen LogP contribution in [0.2, 0.25) is 0 Å². The van der Waals surface area contributed by atoms with Crippen molar-refractivity contribution in [1.82, 2.24) is 4.31 Å². The lowest BCUT2D eigenvalue weighted by atomic mass is 10.1. The van der Waals surface area contributed by atoms with E-state index >= 15 is 0 Å². The summed E-state index contributed by atoms with van der Waals surface area (Å²) in [4.78, 5) is 23.3. The van der Waals surface area contributed by atoms with Crippen LogP contribution < -0.4 is 0 Å². The molecule has 0 bridgehead atoms. The van der Waals surface area contributed by atoms with E-state index in [1.807, 2.05) is 19.1 Å². The quantitative estimate of drug-likeness (QED) is 0.393. The lowest BCUT2D eigenvalue weighted by Crippen LogP contribution is -2.41. The van der Waals surface area contributed by atoms with Gasteiger partial charge in [0, 0.05) is 18.7 Å². The number of esters is 1. The zero-order valence-corrected chi connectivity index (χ0v) is 17.9. The molecule has 2 aromatic carbocycles. The number of benzene rings is 2. The van der Waals surface area contributed by atoms with Gasteiger partial charge in [-0.05, 0) is 50.3 Å².